The van der Waals surface area contributed by atoms with Gasteiger partial charge >= 0.3 is 7.12 Å². The van der Waals surface area contributed by atoms with Gasteiger partial charge in [-0.3, -0.25) is 24.1 Å². The van der Waals surface area contributed by atoms with E-state index in [1.807, 2.05) is 54.6 Å². The second-order valence-electron chi connectivity index (χ2n) is 14.3. The van der Waals surface area contributed by atoms with Crippen molar-refractivity contribution in [1.82, 2.24) is 0 Å². The molecule has 4 amide bonds. The van der Waals surface area contributed by atoms with Crippen LogP contribution in [0.5, 0.6) is 5.75 Å². The number of aromatic hydroxyl groups is 1. The number of phenolic OH excluding ortho intramolecular Hbond substituents is 1. The minimum Gasteiger partial charge on any atom is -0.507 e. The van der Waals surface area contributed by atoms with Crippen LogP contribution in [-0.2, 0) is 24.6 Å². The summed E-state index contributed by atoms with van der Waals surface area (Å²) >= 11 is 6.43. The summed E-state index contributed by atoms with van der Waals surface area (Å²) in [5, 5.41) is 32.4. The predicted octanol–water partition coefficient (Wildman–Crippen LogP) is 5.25. The van der Waals surface area contributed by atoms with Crippen LogP contribution in [-0.4, -0.2) is 45.9 Å². The fourth-order valence-electron chi connectivity index (χ4n) is 9.73. The first-order chi connectivity index (χ1) is 25.6. The topological polar surface area (TPSA) is 135 Å². The van der Waals surface area contributed by atoms with Crippen LogP contribution in [0.25, 0.3) is 10.8 Å². The summed E-state index contributed by atoms with van der Waals surface area (Å²) in [6, 6.07) is 32.8. The highest BCUT2D eigenvalue weighted by Gasteiger charge is 2.70. The number of imide groups is 2. The maximum Gasteiger partial charge on any atom is 0.488 e. The van der Waals surface area contributed by atoms with E-state index in [1.165, 1.54) is 17.0 Å². The van der Waals surface area contributed by atoms with Crippen LogP contribution >= 0.6 is 11.6 Å². The number of nitrogens with zero attached hydrogens (tertiary/aromatic N) is 2. The molecule has 262 valence electrons. The van der Waals surface area contributed by atoms with E-state index in [9.17, 15) is 24.7 Å². The fraction of sp³-hybridized carbons (Fsp3) is 0.190. The molecule has 2 aliphatic carbocycles. The van der Waals surface area contributed by atoms with Crippen LogP contribution in [0.1, 0.15) is 29.9 Å². The predicted molar refractivity (Wildman–Crippen MR) is 200 cm³/mol. The molecule has 0 unspecified atom stereocenters. The molecule has 6 atom stereocenters. The van der Waals surface area contributed by atoms with Crippen molar-refractivity contribution >= 4 is 70.0 Å². The Labute approximate surface area is 309 Å². The lowest BCUT2D eigenvalue weighted by Gasteiger charge is -2.51. The van der Waals surface area contributed by atoms with E-state index < -0.39 is 65.8 Å². The van der Waals surface area contributed by atoms with E-state index in [-0.39, 0.29) is 29.7 Å². The molecular weight excluding hydrogens is 691 g/mol. The summed E-state index contributed by atoms with van der Waals surface area (Å²) in [6.45, 7) is 0. The molecule has 1 saturated carbocycles. The Morgan fingerprint density at radius 1 is 0.698 bits per heavy atom. The highest BCUT2D eigenvalue weighted by Crippen LogP contribution is 2.65. The average molecular weight is 723 g/mol. The molecule has 2 heterocycles. The Morgan fingerprint density at radius 3 is 2.13 bits per heavy atom. The summed E-state index contributed by atoms with van der Waals surface area (Å²) in [5.74, 6) is -5.50. The van der Waals surface area contributed by atoms with E-state index >= 15 is 9.59 Å². The standard InChI is InChI=1S/C42H32BClN2O7/c44-25-11-7-13-27(21-25)46-39(49)34-22-33-31(16-17-32-36(33)40(50)45(38(32)48)26-12-6-10-24(20-26)43(52)53)37(42(34,41(46)51)23-8-2-1-3-9-23)30-18-19-35(47)29-15-5-4-14-28(29)30/h1-16,18-21,32-34,36-37,47,52-53H,17,22H2/t32-,33+,34-,36-,37-,42+/m0/s1. The first-order valence-electron chi connectivity index (χ1n) is 17.6. The second-order valence-corrected chi connectivity index (χ2v) is 14.7. The lowest BCUT2D eigenvalue weighted by molar-refractivity contribution is -0.127. The maximum absolute atomic E-state index is 15.5. The number of hydrogen-bond donors (Lipinski definition) is 3. The van der Waals surface area contributed by atoms with Gasteiger partial charge in [0.15, 0.2) is 0 Å². The molecule has 0 aromatic heterocycles. The van der Waals surface area contributed by atoms with Crippen LogP contribution in [0.3, 0.4) is 0 Å². The molecule has 3 fully saturated rings. The Bertz CT molecular complexity index is 2420. The van der Waals surface area contributed by atoms with Gasteiger partial charge in [0.25, 0.3) is 0 Å². The van der Waals surface area contributed by atoms with Crippen molar-refractivity contribution in [2.45, 2.75) is 24.2 Å². The zero-order chi connectivity index (χ0) is 36.8. The SMILES string of the molecule is O=C1[C@H]2[C@H](CC=C3[C@H]2C[C@H]2C(=O)N(c4cccc(Cl)c4)C(=O)[C@@]2(c2ccccc2)[C@H]3c2ccc(O)c3ccccc23)C(=O)N1c1cccc(B(O)O)c1. The lowest BCUT2D eigenvalue weighted by atomic mass is 9.49. The van der Waals surface area contributed by atoms with Gasteiger partial charge in [-0.2, -0.15) is 0 Å². The normalized spacial score (nSPS) is 26.4. The third-order valence-electron chi connectivity index (χ3n) is 11.8. The Hall–Kier alpha value is -5.55. The van der Waals surface area contributed by atoms with Crippen LogP contribution in [0, 0.1) is 23.7 Å². The number of halogens is 1. The smallest absolute Gasteiger partial charge is 0.488 e. The Balaban J connectivity index is 1.29. The number of carbonyl (C=O) groups is 4. The number of phenols is 1. The Kier molecular flexibility index (Phi) is 7.71. The third-order valence-corrected chi connectivity index (χ3v) is 12.1. The largest absolute Gasteiger partial charge is 0.507 e. The minimum absolute atomic E-state index is 0.0662. The molecule has 2 saturated heterocycles. The van der Waals surface area contributed by atoms with E-state index in [1.54, 1.807) is 54.6 Å². The summed E-state index contributed by atoms with van der Waals surface area (Å²) in [7, 11) is -1.79. The third kappa shape index (κ3) is 4.72. The van der Waals surface area contributed by atoms with Gasteiger partial charge in [0.1, 0.15) is 5.75 Å². The van der Waals surface area contributed by atoms with Crippen molar-refractivity contribution in [2.24, 2.45) is 23.7 Å². The van der Waals surface area contributed by atoms with Crippen LogP contribution in [0.15, 0.2) is 127 Å². The van der Waals surface area contributed by atoms with Crippen molar-refractivity contribution < 1.29 is 34.3 Å². The first kappa shape index (κ1) is 33.3. The average Bonchev–Trinajstić information content (AvgIpc) is 3.56. The molecule has 9 rings (SSSR count). The summed E-state index contributed by atoms with van der Waals surface area (Å²) in [5.41, 5.74) is 1.39. The van der Waals surface area contributed by atoms with E-state index in [0.29, 0.717) is 32.6 Å². The summed E-state index contributed by atoms with van der Waals surface area (Å²) in [4.78, 5) is 61.7. The van der Waals surface area contributed by atoms with Gasteiger partial charge in [-0.1, -0.05) is 102 Å². The molecule has 9 nitrogen and oxygen atoms in total. The van der Waals surface area contributed by atoms with Gasteiger partial charge in [-0.05, 0) is 77.1 Å². The minimum atomic E-state index is -1.79. The molecule has 0 bridgehead atoms. The van der Waals surface area contributed by atoms with Crippen LogP contribution in [0.2, 0.25) is 5.02 Å². The molecule has 0 spiro atoms. The number of rotatable bonds is 5. The van der Waals surface area contributed by atoms with Crippen molar-refractivity contribution in [3.05, 3.63) is 143 Å². The molecule has 0 radical (unpaired) electrons. The monoisotopic (exact) mass is 722 g/mol. The second kappa shape index (κ2) is 12.3. The van der Waals surface area contributed by atoms with Gasteiger partial charge in [0.05, 0.1) is 34.5 Å². The molecule has 4 aliphatic rings. The molecular formula is C42H32BClN2O7. The molecule has 11 heteroatoms. The number of amides is 4. The number of carbonyl (C=O) groups excluding carboxylic acids is 4. The van der Waals surface area contributed by atoms with Gasteiger partial charge in [-0.25, -0.2) is 4.90 Å². The van der Waals surface area contributed by atoms with Crippen molar-refractivity contribution in [3.8, 4) is 5.75 Å². The van der Waals surface area contributed by atoms with Crippen LogP contribution in [0.4, 0.5) is 11.4 Å². The van der Waals surface area contributed by atoms with Gasteiger partial charge < -0.3 is 15.2 Å². The summed E-state index contributed by atoms with van der Waals surface area (Å²) < 4.78 is 0. The molecule has 5 aromatic carbocycles. The highest BCUT2D eigenvalue weighted by molar-refractivity contribution is 6.58. The molecule has 3 N–H and O–H groups in total. The van der Waals surface area contributed by atoms with Gasteiger partial charge in [-0.15, -0.1) is 0 Å². The van der Waals surface area contributed by atoms with Gasteiger partial charge in [0.2, 0.25) is 23.6 Å². The number of fused-ring (bicyclic) bond motifs is 5. The van der Waals surface area contributed by atoms with Crippen molar-refractivity contribution in [2.75, 3.05) is 9.80 Å². The zero-order valence-corrected chi connectivity index (χ0v) is 28.9. The number of benzene rings is 5. The fourth-order valence-corrected chi connectivity index (χ4v) is 9.91. The van der Waals surface area contributed by atoms with E-state index in [4.69, 9.17) is 11.6 Å². The van der Waals surface area contributed by atoms with Gasteiger partial charge in [0, 0.05) is 16.3 Å². The quantitative estimate of drug-likeness (QED) is 0.128. The Morgan fingerprint density at radius 2 is 1.40 bits per heavy atom. The van der Waals surface area contributed by atoms with Crippen molar-refractivity contribution in [3.63, 3.8) is 0 Å². The number of hydrogen-bond acceptors (Lipinski definition) is 7. The van der Waals surface area contributed by atoms with Crippen LogP contribution < -0.4 is 15.3 Å². The first-order valence-corrected chi connectivity index (χ1v) is 17.9. The number of anilines is 2. The molecule has 5 aromatic rings. The maximum atomic E-state index is 15.5. The molecule has 53 heavy (non-hydrogen) atoms. The van der Waals surface area contributed by atoms with E-state index in [2.05, 4.69) is 0 Å². The highest BCUT2D eigenvalue weighted by atomic mass is 35.5. The molecule has 2 aliphatic heterocycles. The number of allylic oxidation sites excluding steroid dienone is 2. The summed E-state index contributed by atoms with van der Waals surface area (Å²) in [6.07, 6.45) is 2.34. The van der Waals surface area contributed by atoms with E-state index in [0.717, 1.165) is 10.5 Å². The zero-order valence-electron chi connectivity index (χ0n) is 28.2. The van der Waals surface area contributed by atoms with Crippen molar-refractivity contribution in [1.29, 1.82) is 0 Å². The lowest BCUT2D eigenvalue weighted by Crippen LogP contribution is -2.53.